The highest BCUT2D eigenvalue weighted by atomic mass is 16.6. The average Bonchev–Trinajstić information content (AvgIpc) is 2.66. The second kappa shape index (κ2) is 10.5. The molecule has 0 aliphatic carbocycles. The van der Waals surface area contributed by atoms with Gasteiger partial charge in [0.05, 0.1) is 18.5 Å². The fourth-order valence-corrected chi connectivity index (χ4v) is 3.20. The van der Waals surface area contributed by atoms with E-state index >= 15 is 0 Å². The first-order chi connectivity index (χ1) is 12.2. The highest BCUT2D eigenvalue weighted by molar-refractivity contribution is 5.66. The quantitative estimate of drug-likeness (QED) is 0.654. The summed E-state index contributed by atoms with van der Waals surface area (Å²) in [5.74, 6) is 0.957. The summed E-state index contributed by atoms with van der Waals surface area (Å²) in [6.45, 7) is 15.7. The predicted molar refractivity (Wildman–Crippen MR) is 105 cm³/mol. The van der Waals surface area contributed by atoms with Crippen LogP contribution in [0, 0.1) is 0 Å². The first-order valence-electron chi connectivity index (χ1n) is 9.47. The molecule has 0 atom stereocenters. The van der Waals surface area contributed by atoms with E-state index in [1.54, 1.807) is 7.11 Å². The molecular formula is C19H34N4O2. The third-order valence-corrected chi connectivity index (χ3v) is 4.90. The summed E-state index contributed by atoms with van der Waals surface area (Å²) in [6.07, 6.45) is 0. The third-order valence-electron chi connectivity index (χ3n) is 4.90. The van der Waals surface area contributed by atoms with Crippen LogP contribution in [0.2, 0.25) is 0 Å². The number of likely N-dealkylation sites (N-methyl/N-ethyl adjacent to an activating group) is 2. The van der Waals surface area contributed by atoms with Gasteiger partial charge in [-0.25, -0.2) is 0 Å². The molecule has 0 saturated carbocycles. The van der Waals surface area contributed by atoms with Crippen molar-refractivity contribution in [3.63, 3.8) is 0 Å². The molecule has 0 aromatic heterocycles. The topological polar surface area (TPSA) is 40.2 Å². The maximum Gasteiger partial charge on any atom is 0.142 e. The van der Waals surface area contributed by atoms with Gasteiger partial charge in [0.25, 0.3) is 0 Å². The van der Waals surface area contributed by atoms with Gasteiger partial charge in [-0.2, -0.15) is 0 Å². The summed E-state index contributed by atoms with van der Waals surface area (Å²) in [4.78, 5) is 12.3. The third kappa shape index (κ3) is 5.76. The van der Waals surface area contributed by atoms with Gasteiger partial charge in [-0.3, -0.25) is 10.3 Å². The van der Waals surface area contributed by atoms with Crippen molar-refractivity contribution in [3.05, 3.63) is 18.2 Å². The van der Waals surface area contributed by atoms with Gasteiger partial charge in [0.1, 0.15) is 12.4 Å². The van der Waals surface area contributed by atoms with Crippen LogP contribution in [0.15, 0.2) is 18.2 Å². The Morgan fingerprint density at radius 3 is 2.40 bits per heavy atom. The van der Waals surface area contributed by atoms with Gasteiger partial charge in [-0.15, -0.1) is 0 Å². The lowest BCUT2D eigenvalue weighted by Gasteiger charge is -2.36. The van der Waals surface area contributed by atoms with Crippen LogP contribution in [0.25, 0.3) is 0 Å². The molecular weight excluding hydrogens is 316 g/mol. The Balaban J connectivity index is 2.06. The molecule has 1 N–H and O–H groups in total. The Morgan fingerprint density at radius 1 is 1.08 bits per heavy atom. The Morgan fingerprint density at radius 2 is 1.80 bits per heavy atom. The zero-order valence-corrected chi connectivity index (χ0v) is 16.3. The van der Waals surface area contributed by atoms with Gasteiger partial charge in [0.2, 0.25) is 0 Å². The Labute approximate surface area is 152 Å². The van der Waals surface area contributed by atoms with Crippen molar-refractivity contribution in [2.75, 3.05) is 76.5 Å². The van der Waals surface area contributed by atoms with E-state index in [9.17, 15) is 0 Å². The van der Waals surface area contributed by atoms with Gasteiger partial charge in [-0.05, 0) is 37.8 Å². The summed E-state index contributed by atoms with van der Waals surface area (Å²) >= 11 is 0. The summed E-state index contributed by atoms with van der Waals surface area (Å²) in [6, 6.07) is 6.17. The lowest BCUT2D eigenvalue weighted by atomic mass is 10.2. The van der Waals surface area contributed by atoms with Gasteiger partial charge in [0, 0.05) is 32.7 Å². The van der Waals surface area contributed by atoms with Crippen LogP contribution >= 0.6 is 0 Å². The average molecular weight is 351 g/mol. The molecule has 1 aromatic rings. The number of ether oxygens (including phenoxy) is 1. The molecule has 1 aliphatic rings. The smallest absolute Gasteiger partial charge is 0.142 e. The maximum absolute atomic E-state index is 6.15. The number of hydrogen-bond donors (Lipinski definition) is 1. The molecule has 1 fully saturated rings. The fourth-order valence-electron chi connectivity index (χ4n) is 3.20. The number of nitrogens with one attached hydrogen (secondary N) is 1. The van der Waals surface area contributed by atoms with Crippen molar-refractivity contribution in [3.8, 4) is 5.75 Å². The maximum atomic E-state index is 6.15. The van der Waals surface area contributed by atoms with Gasteiger partial charge < -0.3 is 19.4 Å². The van der Waals surface area contributed by atoms with Gasteiger partial charge in [0.15, 0.2) is 0 Å². The fraction of sp³-hybridized carbons (Fsp3) is 0.684. The first-order valence-corrected chi connectivity index (χ1v) is 9.47. The Hall–Kier alpha value is -1.50. The van der Waals surface area contributed by atoms with Crippen LogP contribution in [0.3, 0.4) is 0 Å². The van der Waals surface area contributed by atoms with E-state index in [1.807, 2.05) is 12.1 Å². The molecule has 0 bridgehead atoms. The van der Waals surface area contributed by atoms with Crippen LogP contribution in [0.5, 0.6) is 5.75 Å². The summed E-state index contributed by atoms with van der Waals surface area (Å²) < 4.78 is 6.15. The van der Waals surface area contributed by atoms with E-state index in [-0.39, 0.29) is 0 Å². The molecule has 1 aromatic carbocycles. The van der Waals surface area contributed by atoms with Gasteiger partial charge >= 0.3 is 0 Å². The van der Waals surface area contributed by atoms with E-state index < -0.39 is 0 Å². The summed E-state index contributed by atoms with van der Waals surface area (Å²) in [5.41, 5.74) is 5.03. The SMILES string of the molecule is CCN(CC)CCOc1ccc(NOC)cc1N1CCN(CC)CC1. The number of benzene rings is 1. The monoisotopic (exact) mass is 350 g/mol. The minimum Gasteiger partial charge on any atom is -0.490 e. The minimum absolute atomic E-state index is 0.709. The second-order valence-corrected chi connectivity index (χ2v) is 6.29. The van der Waals surface area contributed by atoms with E-state index in [4.69, 9.17) is 9.57 Å². The van der Waals surface area contributed by atoms with Crippen molar-refractivity contribution in [2.45, 2.75) is 20.8 Å². The zero-order chi connectivity index (χ0) is 18.1. The normalized spacial score (nSPS) is 15.6. The lowest BCUT2D eigenvalue weighted by molar-refractivity contribution is 0.222. The highest BCUT2D eigenvalue weighted by Gasteiger charge is 2.19. The number of rotatable bonds is 10. The van der Waals surface area contributed by atoms with Crippen molar-refractivity contribution in [2.24, 2.45) is 0 Å². The number of hydrogen-bond acceptors (Lipinski definition) is 6. The Kier molecular flexibility index (Phi) is 8.31. The second-order valence-electron chi connectivity index (χ2n) is 6.29. The molecule has 1 aliphatic heterocycles. The van der Waals surface area contributed by atoms with Crippen molar-refractivity contribution >= 4 is 11.4 Å². The van der Waals surface area contributed by atoms with Crippen LogP contribution in [0.4, 0.5) is 11.4 Å². The molecule has 0 radical (unpaired) electrons. The number of anilines is 2. The van der Waals surface area contributed by atoms with Crippen LogP contribution < -0.4 is 15.1 Å². The molecule has 6 heteroatoms. The van der Waals surface area contributed by atoms with Crippen LogP contribution in [-0.2, 0) is 4.84 Å². The van der Waals surface area contributed by atoms with Crippen LogP contribution in [0.1, 0.15) is 20.8 Å². The molecule has 1 saturated heterocycles. The number of nitrogens with zero attached hydrogens (tertiary/aromatic N) is 3. The zero-order valence-electron chi connectivity index (χ0n) is 16.3. The van der Waals surface area contributed by atoms with E-state index in [0.29, 0.717) is 6.61 Å². The standard InChI is InChI=1S/C19H34N4O2/c1-5-21(6-2)14-15-25-19-9-8-17(20-24-4)16-18(19)23-12-10-22(7-3)11-13-23/h8-9,16,20H,5-7,10-15H2,1-4H3. The highest BCUT2D eigenvalue weighted by Crippen LogP contribution is 2.32. The molecule has 0 unspecified atom stereocenters. The van der Waals surface area contributed by atoms with E-state index in [0.717, 1.165) is 69.5 Å². The molecule has 0 amide bonds. The van der Waals surface area contributed by atoms with E-state index in [2.05, 4.69) is 47.0 Å². The molecule has 6 nitrogen and oxygen atoms in total. The molecule has 1 heterocycles. The number of piperazine rings is 1. The van der Waals surface area contributed by atoms with Gasteiger partial charge in [-0.1, -0.05) is 20.8 Å². The predicted octanol–water partition coefficient (Wildman–Crippen LogP) is 2.52. The summed E-state index contributed by atoms with van der Waals surface area (Å²) in [7, 11) is 1.63. The molecule has 2 rings (SSSR count). The molecule has 25 heavy (non-hydrogen) atoms. The minimum atomic E-state index is 0.709. The van der Waals surface area contributed by atoms with Crippen molar-refractivity contribution in [1.82, 2.24) is 9.80 Å². The van der Waals surface area contributed by atoms with Crippen molar-refractivity contribution < 1.29 is 9.57 Å². The lowest BCUT2D eigenvalue weighted by Crippen LogP contribution is -2.46. The van der Waals surface area contributed by atoms with Crippen LogP contribution in [-0.4, -0.2) is 75.9 Å². The van der Waals surface area contributed by atoms with Crippen molar-refractivity contribution in [1.29, 1.82) is 0 Å². The molecule has 142 valence electrons. The Bertz CT molecular complexity index is 500. The molecule has 0 spiro atoms. The first kappa shape index (κ1) is 19.8. The summed E-state index contributed by atoms with van der Waals surface area (Å²) in [5, 5.41) is 0. The largest absolute Gasteiger partial charge is 0.490 e. The van der Waals surface area contributed by atoms with E-state index in [1.165, 1.54) is 0 Å².